The second-order valence-corrected chi connectivity index (χ2v) is 7.26. The van der Waals surface area contributed by atoms with Gasteiger partial charge in [-0.2, -0.15) is 4.37 Å². The highest BCUT2D eigenvalue weighted by molar-refractivity contribution is 9.10. The van der Waals surface area contributed by atoms with E-state index in [0.29, 0.717) is 21.8 Å². The summed E-state index contributed by atoms with van der Waals surface area (Å²) in [6, 6.07) is 13.7. The van der Waals surface area contributed by atoms with Gasteiger partial charge in [0.15, 0.2) is 0 Å². The third-order valence-electron chi connectivity index (χ3n) is 3.93. The number of aryl methyl sites for hydroxylation is 2. The van der Waals surface area contributed by atoms with Crippen molar-refractivity contribution < 1.29 is 4.79 Å². The Kier molecular flexibility index (Phi) is 4.77. The number of benzene rings is 1. The second kappa shape index (κ2) is 7.35. The number of carbonyl (C=O) groups is 1. The first-order chi connectivity index (χ1) is 12.7. The van der Waals surface area contributed by atoms with Crippen molar-refractivity contribution in [1.82, 2.24) is 18.9 Å². The molecule has 0 fully saturated rings. The van der Waals surface area contributed by atoms with E-state index in [0.717, 1.165) is 34.7 Å². The highest BCUT2D eigenvalue weighted by Gasteiger charge is 2.17. The van der Waals surface area contributed by atoms with Gasteiger partial charge >= 0.3 is 0 Å². The fraction of sp³-hybridized carbons (Fsp3) is 0.111. The van der Waals surface area contributed by atoms with E-state index in [-0.39, 0.29) is 5.91 Å². The molecule has 0 unspecified atom stereocenters. The Hall–Kier alpha value is -2.58. The van der Waals surface area contributed by atoms with Gasteiger partial charge in [-0.05, 0) is 51.7 Å². The van der Waals surface area contributed by atoms with Crippen molar-refractivity contribution in [3.05, 3.63) is 69.9 Å². The van der Waals surface area contributed by atoms with Crippen molar-refractivity contribution in [2.75, 3.05) is 5.32 Å². The minimum absolute atomic E-state index is 0.228. The molecular formula is C18H14BrN5OS. The van der Waals surface area contributed by atoms with Gasteiger partial charge in [-0.25, -0.2) is 4.98 Å². The summed E-state index contributed by atoms with van der Waals surface area (Å²) in [6.45, 7) is 0.664. The molecule has 0 atom stereocenters. The number of pyridine rings is 1. The van der Waals surface area contributed by atoms with Crippen LogP contribution >= 0.6 is 27.5 Å². The molecule has 6 nitrogen and oxygen atoms in total. The van der Waals surface area contributed by atoms with Crippen LogP contribution in [0, 0.1) is 0 Å². The molecule has 8 heteroatoms. The maximum absolute atomic E-state index is 12.6. The Balaban J connectivity index is 1.65. The van der Waals surface area contributed by atoms with Gasteiger partial charge in [0.2, 0.25) is 5.95 Å². The van der Waals surface area contributed by atoms with Gasteiger partial charge in [0, 0.05) is 24.9 Å². The van der Waals surface area contributed by atoms with Crippen LogP contribution in [-0.4, -0.2) is 24.8 Å². The quantitative estimate of drug-likeness (QED) is 0.519. The maximum atomic E-state index is 12.6. The summed E-state index contributed by atoms with van der Waals surface area (Å²) >= 11 is 4.49. The SMILES string of the molecule is O=C(Nc1nc2ccccc2n1CCc1ccccn1)c1sncc1Br. The number of nitrogens with zero attached hydrogens (tertiary/aromatic N) is 4. The van der Waals surface area contributed by atoms with Crippen LogP contribution in [-0.2, 0) is 13.0 Å². The standard InChI is InChI=1S/C18H14BrN5OS/c19-13-11-21-26-16(13)17(25)23-18-22-14-6-1-2-7-15(14)24(18)10-8-12-5-3-4-9-20-12/h1-7,9,11H,8,10H2,(H,22,23,25). The molecule has 4 aromatic rings. The molecule has 0 aliphatic rings. The number of halogens is 1. The van der Waals surface area contributed by atoms with Gasteiger partial charge in [0.05, 0.1) is 21.7 Å². The van der Waals surface area contributed by atoms with Gasteiger partial charge in [0.25, 0.3) is 5.91 Å². The predicted octanol–water partition coefficient (Wildman–Crippen LogP) is 4.15. The van der Waals surface area contributed by atoms with Crippen molar-refractivity contribution in [3.8, 4) is 0 Å². The number of carbonyl (C=O) groups excluding carboxylic acids is 1. The number of aromatic nitrogens is 4. The molecule has 0 bridgehead atoms. The number of rotatable bonds is 5. The lowest BCUT2D eigenvalue weighted by Crippen LogP contribution is -2.16. The van der Waals surface area contributed by atoms with Crippen molar-refractivity contribution in [2.24, 2.45) is 0 Å². The van der Waals surface area contributed by atoms with E-state index < -0.39 is 0 Å². The van der Waals surface area contributed by atoms with E-state index in [2.05, 4.69) is 35.6 Å². The van der Waals surface area contributed by atoms with Gasteiger partial charge in [-0.1, -0.05) is 18.2 Å². The molecule has 0 aliphatic carbocycles. The number of hydrogen-bond acceptors (Lipinski definition) is 5. The Labute approximate surface area is 162 Å². The van der Waals surface area contributed by atoms with Crippen molar-refractivity contribution in [2.45, 2.75) is 13.0 Å². The molecule has 0 spiro atoms. The van der Waals surface area contributed by atoms with Crippen molar-refractivity contribution >= 4 is 50.4 Å². The molecular weight excluding hydrogens is 414 g/mol. The first-order valence-electron chi connectivity index (χ1n) is 7.99. The summed E-state index contributed by atoms with van der Waals surface area (Å²) in [5.41, 5.74) is 2.81. The first kappa shape index (κ1) is 16.9. The van der Waals surface area contributed by atoms with Crippen LogP contribution in [0.2, 0.25) is 0 Å². The Morgan fingerprint density at radius 1 is 1.19 bits per heavy atom. The average molecular weight is 428 g/mol. The fourth-order valence-electron chi connectivity index (χ4n) is 2.71. The molecule has 3 aromatic heterocycles. The highest BCUT2D eigenvalue weighted by atomic mass is 79.9. The molecule has 3 heterocycles. The molecule has 26 heavy (non-hydrogen) atoms. The number of imidazole rings is 1. The highest BCUT2D eigenvalue weighted by Crippen LogP contribution is 2.24. The van der Waals surface area contributed by atoms with E-state index >= 15 is 0 Å². The normalized spacial score (nSPS) is 11.0. The van der Waals surface area contributed by atoms with Crippen molar-refractivity contribution in [1.29, 1.82) is 0 Å². The van der Waals surface area contributed by atoms with Crippen LogP contribution in [0.25, 0.3) is 11.0 Å². The van der Waals surface area contributed by atoms with Crippen LogP contribution in [0.5, 0.6) is 0 Å². The number of hydrogen-bond donors (Lipinski definition) is 1. The summed E-state index contributed by atoms with van der Waals surface area (Å²) in [6.07, 6.45) is 4.14. The number of nitrogens with one attached hydrogen (secondary N) is 1. The monoisotopic (exact) mass is 427 g/mol. The zero-order chi connectivity index (χ0) is 17.9. The fourth-order valence-corrected chi connectivity index (χ4v) is 3.88. The number of amides is 1. The molecule has 0 saturated heterocycles. The topological polar surface area (TPSA) is 72.7 Å². The van der Waals surface area contributed by atoms with Crippen molar-refractivity contribution in [3.63, 3.8) is 0 Å². The number of fused-ring (bicyclic) bond motifs is 1. The predicted molar refractivity (Wildman–Crippen MR) is 105 cm³/mol. The molecule has 0 radical (unpaired) electrons. The molecule has 1 aromatic carbocycles. The van der Waals surface area contributed by atoms with E-state index in [4.69, 9.17) is 0 Å². The van der Waals surface area contributed by atoms with E-state index in [9.17, 15) is 4.79 Å². The molecule has 130 valence electrons. The third kappa shape index (κ3) is 3.38. The van der Waals surface area contributed by atoms with Gasteiger partial charge in [-0.15, -0.1) is 0 Å². The minimum atomic E-state index is -0.228. The Morgan fingerprint density at radius 3 is 2.81 bits per heavy atom. The van der Waals surface area contributed by atoms with Gasteiger partial charge in [-0.3, -0.25) is 15.1 Å². The van der Waals surface area contributed by atoms with Crippen LogP contribution in [0.15, 0.2) is 59.3 Å². The van der Waals surface area contributed by atoms with E-state index in [1.807, 2.05) is 47.0 Å². The number of anilines is 1. The smallest absolute Gasteiger partial charge is 0.270 e. The summed E-state index contributed by atoms with van der Waals surface area (Å²) in [5.74, 6) is 0.293. The van der Waals surface area contributed by atoms with Crippen LogP contribution in [0.4, 0.5) is 5.95 Å². The Bertz CT molecular complexity index is 1060. The third-order valence-corrected chi connectivity index (χ3v) is 5.59. The largest absolute Gasteiger partial charge is 0.310 e. The van der Waals surface area contributed by atoms with Gasteiger partial charge in [0.1, 0.15) is 4.88 Å². The summed E-state index contributed by atoms with van der Waals surface area (Å²) in [4.78, 5) is 22.0. The zero-order valence-electron chi connectivity index (χ0n) is 13.6. The van der Waals surface area contributed by atoms with Crippen LogP contribution in [0.3, 0.4) is 0 Å². The molecule has 0 aliphatic heterocycles. The molecule has 0 saturated carbocycles. The number of para-hydroxylation sites is 2. The summed E-state index contributed by atoms with van der Waals surface area (Å²) in [7, 11) is 0. The zero-order valence-corrected chi connectivity index (χ0v) is 16.0. The molecule has 1 amide bonds. The average Bonchev–Trinajstić information content (AvgIpc) is 3.24. The van der Waals surface area contributed by atoms with Crippen LogP contribution in [0.1, 0.15) is 15.4 Å². The second-order valence-electron chi connectivity index (χ2n) is 5.60. The van der Waals surface area contributed by atoms with Gasteiger partial charge < -0.3 is 4.57 Å². The maximum Gasteiger partial charge on any atom is 0.270 e. The van der Waals surface area contributed by atoms with Crippen LogP contribution < -0.4 is 5.32 Å². The molecule has 4 rings (SSSR count). The van der Waals surface area contributed by atoms with E-state index in [1.54, 1.807) is 12.4 Å². The lowest BCUT2D eigenvalue weighted by Gasteiger charge is -2.09. The van der Waals surface area contributed by atoms with E-state index in [1.165, 1.54) is 0 Å². The summed E-state index contributed by atoms with van der Waals surface area (Å²) in [5, 5.41) is 2.91. The lowest BCUT2D eigenvalue weighted by atomic mass is 10.2. The summed E-state index contributed by atoms with van der Waals surface area (Å²) < 4.78 is 6.71. The Morgan fingerprint density at radius 2 is 2.04 bits per heavy atom. The minimum Gasteiger partial charge on any atom is -0.310 e. The first-order valence-corrected chi connectivity index (χ1v) is 9.56. The molecule has 1 N–H and O–H groups in total. The lowest BCUT2D eigenvalue weighted by molar-refractivity contribution is 0.102.